The van der Waals surface area contributed by atoms with Crippen LogP contribution in [-0.2, 0) is 11.0 Å². The zero-order valence-electron chi connectivity index (χ0n) is 14.3. The zero-order valence-corrected chi connectivity index (χ0v) is 14.3. The van der Waals surface area contributed by atoms with Gasteiger partial charge in [0, 0.05) is 5.92 Å². The third kappa shape index (κ3) is 5.40. The average molecular weight is 368 g/mol. The van der Waals surface area contributed by atoms with E-state index in [1.54, 1.807) is 38.1 Å². The molecule has 0 radical (unpaired) electrons. The molecule has 0 saturated carbocycles. The van der Waals surface area contributed by atoms with Crippen molar-refractivity contribution in [3.63, 3.8) is 0 Å². The highest BCUT2D eigenvalue weighted by Crippen LogP contribution is 2.31. The fraction of sp³-hybridized carbons (Fsp3) is 0.316. The molecular weight excluding hydrogens is 349 g/mol. The highest BCUT2D eigenvalue weighted by Gasteiger charge is 2.30. The van der Waals surface area contributed by atoms with Crippen LogP contribution >= 0.6 is 0 Å². The second-order valence-corrected chi connectivity index (χ2v) is 6.01. The van der Waals surface area contributed by atoms with Crippen molar-refractivity contribution in [1.29, 1.82) is 0 Å². The second kappa shape index (κ2) is 8.12. The van der Waals surface area contributed by atoms with Crippen molar-refractivity contribution in [2.24, 2.45) is 11.8 Å². The quantitative estimate of drug-likeness (QED) is 0.727. The lowest BCUT2D eigenvalue weighted by Gasteiger charge is -2.16. The summed E-state index contributed by atoms with van der Waals surface area (Å²) in [4.78, 5) is 10.9. The first-order valence-corrected chi connectivity index (χ1v) is 7.97. The smallest absolute Gasteiger partial charge is 0.416 e. The van der Waals surface area contributed by atoms with Gasteiger partial charge in [0.1, 0.15) is 17.2 Å². The van der Waals surface area contributed by atoms with Gasteiger partial charge < -0.3 is 14.6 Å². The molecule has 0 aliphatic carbocycles. The Morgan fingerprint density at radius 3 is 1.88 bits per heavy atom. The number of aliphatic carboxylic acids is 1. The highest BCUT2D eigenvalue weighted by molar-refractivity contribution is 5.69. The molecule has 0 aliphatic rings. The zero-order chi connectivity index (χ0) is 19.3. The fourth-order valence-corrected chi connectivity index (χ4v) is 2.07. The number of carboxylic acid groups (broad SMARTS) is 1. The number of rotatable bonds is 7. The predicted octanol–water partition coefficient (Wildman–Crippen LogP) is 5.23. The van der Waals surface area contributed by atoms with Crippen molar-refractivity contribution < 1.29 is 32.5 Å². The van der Waals surface area contributed by atoms with Gasteiger partial charge >= 0.3 is 12.1 Å². The van der Waals surface area contributed by atoms with Crippen LogP contribution < -0.4 is 9.47 Å². The Morgan fingerprint density at radius 1 is 0.962 bits per heavy atom. The van der Waals surface area contributed by atoms with Gasteiger partial charge in [-0.15, -0.1) is 0 Å². The number of ether oxygens (including phenoxy) is 2. The lowest BCUT2D eigenvalue weighted by Crippen LogP contribution is -2.23. The topological polar surface area (TPSA) is 55.8 Å². The third-order valence-corrected chi connectivity index (χ3v) is 4.00. The highest BCUT2D eigenvalue weighted by atomic mass is 19.4. The number of alkyl halides is 3. The SMILES string of the molecule is CC(COc1ccc(Oc2ccc(C(F)(F)F)cc2)cc1)C(C)C(=O)O. The Kier molecular flexibility index (Phi) is 6.13. The number of benzene rings is 2. The van der Waals surface area contributed by atoms with Crippen molar-refractivity contribution in [2.45, 2.75) is 20.0 Å². The maximum absolute atomic E-state index is 12.5. The molecule has 0 amide bonds. The Morgan fingerprint density at radius 2 is 1.42 bits per heavy atom. The molecule has 1 N–H and O–H groups in total. The first-order chi connectivity index (χ1) is 12.2. The molecule has 0 bridgehead atoms. The molecule has 0 spiro atoms. The van der Waals surface area contributed by atoms with Crippen molar-refractivity contribution in [2.75, 3.05) is 6.61 Å². The molecule has 2 unspecified atom stereocenters. The Hall–Kier alpha value is -2.70. The Bertz CT molecular complexity index is 724. The van der Waals surface area contributed by atoms with Gasteiger partial charge in [-0.1, -0.05) is 13.8 Å². The van der Waals surface area contributed by atoms with Crippen LogP contribution in [0.3, 0.4) is 0 Å². The van der Waals surface area contributed by atoms with Crippen LogP contribution in [0.25, 0.3) is 0 Å². The maximum Gasteiger partial charge on any atom is 0.416 e. The standard InChI is InChI=1S/C19H19F3O4/c1-12(13(2)18(23)24)11-25-15-7-9-17(10-8-15)26-16-5-3-14(4-6-16)19(20,21)22/h3-10,12-13H,11H2,1-2H3,(H,23,24). The van der Waals surface area contributed by atoms with Crippen LogP contribution in [0, 0.1) is 11.8 Å². The van der Waals surface area contributed by atoms with Gasteiger partial charge in [0.2, 0.25) is 0 Å². The number of hydrogen-bond donors (Lipinski definition) is 1. The van der Waals surface area contributed by atoms with Crippen LogP contribution in [0.5, 0.6) is 17.2 Å². The minimum atomic E-state index is -4.38. The first-order valence-electron chi connectivity index (χ1n) is 7.97. The van der Waals surface area contributed by atoms with Crippen molar-refractivity contribution in [1.82, 2.24) is 0 Å². The van der Waals surface area contributed by atoms with E-state index in [2.05, 4.69) is 0 Å². The maximum atomic E-state index is 12.5. The van der Waals surface area contributed by atoms with Crippen LogP contribution in [0.2, 0.25) is 0 Å². The molecular formula is C19H19F3O4. The summed E-state index contributed by atoms with van der Waals surface area (Å²) in [6.45, 7) is 3.67. The molecule has 4 nitrogen and oxygen atoms in total. The van der Waals surface area contributed by atoms with E-state index in [1.807, 2.05) is 0 Å². The lowest BCUT2D eigenvalue weighted by atomic mass is 9.97. The molecule has 0 saturated heterocycles. The number of carboxylic acids is 1. The average Bonchev–Trinajstić information content (AvgIpc) is 2.59. The summed E-state index contributed by atoms with van der Waals surface area (Å²) in [5.41, 5.74) is -0.738. The summed E-state index contributed by atoms with van der Waals surface area (Å²) in [6, 6.07) is 11.0. The molecule has 26 heavy (non-hydrogen) atoms. The molecule has 2 rings (SSSR count). The third-order valence-electron chi connectivity index (χ3n) is 4.00. The molecule has 0 aromatic heterocycles. The Balaban J connectivity index is 1.92. The van der Waals surface area contributed by atoms with Gasteiger partial charge in [-0.3, -0.25) is 4.79 Å². The largest absolute Gasteiger partial charge is 0.493 e. The van der Waals surface area contributed by atoms with E-state index in [9.17, 15) is 18.0 Å². The van der Waals surface area contributed by atoms with Crippen LogP contribution in [0.1, 0.15) is 19.4 Å². The van der Waals surface area contributed by atoms with Crippen molar-refractivity contribution in [3.05, 3.63) is 54.1 Å². The minimum Gasteiger partial charge on any atom is -0.493 e. The molecule has 7 heteroatoms. The van der Waals surface area contributed by atoms with Gasteiger partial charge in [-0.2, -0.15) is 13.2 Å². The minimum absolute atomic E-state index is 0.157. The summed E-state index contributed by atoms with van der Waals surface area (Å²) in [7, 11) is 0. The molecule has 0 fully saturated rings. The van der Waals surface area contributed by atoms with Crippen molar-refractivity contribution >= 4 is 5.97 Å². The van der Waals surface area contributed by atoms with E-state index in [1.165, 1.54) is 12.1 Å². The van der Waals surface area contributed by atoms with E-state index in [4.69, 9.17) is 14.6 Å². The summed E-state index contributed by atoms with van der Waals surface area (Å²) in [5, 5.41) is 8.95. The van der Waals surface area contributed by atoms with E-state index in [0.717, 1.165) is 12.1 Å². The van der Waals surface area contributed by atoms with Gasteiger partial charge in [-0.05, 0) is 48.5 Å². The molecule has 0 aliphatic heterocycles. The lowest BCUT2D eigenvalue weighted by molar-refractivity contribution is -0.143. The number of halogens is 3. The Labute approximate surface area is 149 Å². The van der Waals surface area contributed by atoms with Crippen LogP contribution in [-0.4, -0.2) is 17.7 Å². The second-order valence-electron chi connectivity index (χ2n) is 6.01. The van der Waals surface area contributed by atoms with E-state index in [0.29, 0.717) is 11.5 Å². The molecule has 2 aromatic rings. The van der Waals surface area contributed by atoms with Crippen LogP contribution in [0.15, 0.2) is 48.5 Å². The predicted molar refractivity (Wildman–Crippen MR) is 89.4 cm³/mol. The first kappa shape index (κ1) is 19.6. The van der Waals surface area contributed by atoms with Gasteiger partial charge in [0.05, 0.1) is 18.1 Å². The van der Waals surface area contributed by atoms with Crippen LogP contribution in [0.4, 0.5) is 13.2 Å². The van der Waals surface area contributed by atoms with Crippen molar-refractivity contribution in [3.8, 4) is 17.2 Å². The molecule has 2 atom stereocenters. The monoisotopic (exact) mass is 368 g/mol. The fourth-order valence-electron chi connectivity index (χ4n) is 2.07. The molecule has 0 heterocycles. The summed E-state index contributed by atoms with van der Waals surface area (Å²) in [6.07, 6.45) is -4.38. The van der Waals surface area contributed by atoms with E-state index >= 15 is 0 Å². The van der Waals surface area contributed by atoms with E-state index < -0.39 is 23.6 Å². The number of carbonyl (C=O) groups is 1. The molecule has 2 aromatic carbocycles. The molecule has 140 valence electrons. The van der Waals surface area contributed by atoms with E-state index in [-0.39, 0.29) is 18.3 Å². The summed E-state index contributed by atoms with van der Waals surface area (Å²) in [5.74, 6) is -0.261. The summed E-state index contributed by atoms with van der Waals surface area (Å²) >= 11 is 0. The van der Waals surface area contributed by atoms with Gasteiger partial charge in [-0.25, -0.2) is 0 Å². The normalized spacial score (nSPS) is 13.7. The summed E-state index contributed by atoms with van der Waals surface area (Å²) < 4.78 is 48.6. The number of hydrogen-bond acceptors (Lipinski definition) is 3. The van der Waals surface area contributed by atoms with Gasteiger partial charge in [0.25, 0.3) is 0 Å². The van der Waals surface area contributed by atoms with Gasteiger partial charge in [0.15, 0.2) is 0 Å².